The summed E-state index contributed by atoms with van der Waals surface area (Å²) in [6.45, 7) is 1.31. The number of carbonyl (C=O) groups is 3. The van der Waals surface area contributed by atoms with Crippen molar-refractivity contribution in [1.29, 1.82) is 0 Å². The van der Waals surface area contributed by atoms with Gasteiger partial charge in [-0.2, -0.15) is 13.2 Å². The molecule has 1 aliphatic rings. The third-order valence-electron chi connectivity index (χ3n) is 4.57. The summed E-state index contributed by atoms with van der Waals surface area (Å²) in [7, 11) is 0. The highest BCUT2D eigenvalue weighted by atomic mass is 19.4. The fraction of sp³-hybridized carbons (Fsp3) is 0.286. The summed E-state index contributed by atoms with van der Waals surface area (Å²) in [5.74, 6) is -0.439. The molecule has 0 radical (unpaired) electrons. The highest BCUT2D eigenvalue weighted by molar-refractivity contribution is 6.02. The van der Waals surface area contributed by atoms with Gasteiger partial charge in [-0.05, 0) is 30.8 Å². The standard InChI is InChI=1S/C21H21F3N4O5/c1-2-28(10-18(29)26-15-6-4-3-5-14(15)21(22,23)24)11-19(30)27-20(31)25-13-7-8-16-17(9-13)33-12-32-16/h3-9H,2,10-12H2,1H3,(H,26,29)(H2,25,27,30,31). The predicted octanol–water partition coefficient (Wildman–Crippen LogP) is 3.04. The molecule has 12 heteroatoms. The Morgan fingerprint density at radius 3 is 2.39 bits per heavy atom. The van der Waals surface area contributed by atoms with Crippen LogP contribution in [0.2, 0.25) is 0 Å². The largest absolute Gasteiger partial charge is 0.454 e. The fourth-order valence-corrected chi connectivity index (χ4v) is 3.02. The smallest absolute Gasteiger partial charge is 0.418 e. The molecule has 0 saturated carbocycles. The number of halogens is 3. The number of carbonyl (C=O) groups excluding carboxylic acids is 3. The first-order valence-electron chi connectivity index (χ1n) is 9.84. The minimum atomic E-state index is -4.63. The first-order valence-corrected chi connectivity index (χ1v) is 9.84. The number of amides is 4. The number of para-hydroxylation sites is 1. The van der Waals surface area contributed by atoms with Gasteiger partial charge in [0, 0.05) is 11.8 Å². The Morgan fingerprint density at radius 1 is 0.970 bits per heavy atom. The van der Waals surface area contributed by atoms with Crippen molar-refractivity contribution >= 4 is 29.2 Å². The quantitative estimate of drug-likeness (QED) is 0.579. The maximum absolute atomic E-state index is 13.1. The van der Waals surface area contributed by atoms with Crippen molar-refractivity contribution < 1.29 is 37.0 Å². The Labute approximate surface area is 186 Å². The molecule has 1 aliphatic heterocycles. The van der Waals surface area contributed by atoms with Crippen molar-refractivity contribution in [3.8, 4) is 11.5 Å². The number of hydrogen-bond donors (Lipinski definition) is 3. The lowest BCUT2D eigenvalue weighted by Crippen LogP contribution is -2.44. The molecular formula is C21H21F3N4O5. The normalized spacial score (nSPS) is 12.4. The number of rotatable bonds is 7. The molecule has 1 heterocycles. The minimum Gasteiger partial charge on any atom is -0.454 e. The number of fused-ring (bicyclic) bond motifs is 1. The van der Waals surface area contributed by atoms with Gasteiger partial charge in [0.2, 0.25) is 18.6 Å². The van der Waals surface area contributed by atoms with Gasteiger partial charge in [0.05, 0.1) is 24.3 Å². The first-order chi connectivity index (χ1) is 15.7. The number of ether oxygens (including phenoxy) is 2. The molecule has 176 valence electrons. The number of nitrogens with one attached hydrogen (secondary N) is 3. The molecule has 2 aromatic carbocycles. The average molecular weight is 466 g/mol. The molecule has 0 spiro atoms. The molecule has 2 aromatic rings. The Bertz CT molecular complexity index is 1040. The molecule has 3 rings (SSSR count). The summed E-state index contributed by atoms with van der Waals surface area (Å²) in [5, 5.41) is 6.82. The number of hydrogen-bond acceptors (Lipinski definition) is 6. The summed E-state index contributed by atoms with van der Waals surface area (Å²) in [4.78, 5) is 37.9. The summed E-state index contributed by atoms with van der Waals surface area (Å²) in [6.07, 6.45) is -4.63. The summed E-state index contributed by atoms with van der Waals surface area (Å²) in [6, 6.07) is 8.51. The van der Waals surface area contributed by atoms with Crippen LogP contribution >= 0.6 is 0 Å². The summed E-state index contributed by atoms with van der Waals surface area (Å²) < 4.78 is 49.6. The molecule has 0 bridgehead atoms. The van der Waals surface area contributed by atoms with E-state index in [-0.39, 0.29) is 32.1 Å². The van der Waals surface area contributed by atoms with Gasteiger partial charge in [-0.1, -0.05) is 19.1 Å². The molecular weight excluding hydrogens is 445 g/mol. The van der Waals surface area contributed by atoms with Crippen LogP contribution in [0.15, 0.2) is 42.5 Å². The van der Waals surface area contributed by atoms with Gasteiger partial charge in [0.15, 0.2) is 11.5 Å². The molecule has 9 nitrogen and oxygen atoms in total. The number of nitrogens with zero attached hydrogens (tertiary/aromatic N) is 1. The second-order valence-corrected chi connectivity index (χ2v) is 6.97. The van der Waals surface area contributed by atoms with Gasteiger partial charge in [-0.15, -0.1) is 0 Å². The number of benzene rings is 2. The minimum absolute atomic E-state index is 0.0751. The van der Waals surface area contributed by atoms with Crippen molar-refractivity contribution in [1.82, 2.24) is 10.2 Å². The van der Waals surface area contributed by atoms with Crippen molar-refractivity contribution in [2.45, 2.75) is 13.1 Å². The van der Waals surface area contributed by atoms with Crippen LogP contribution in [-0.4, -0.2) is 49.2 Å². The lowest BCUT2D eigenvalue weighted by atomic mass is 10.1. The van der Waals surface area contributed by atoms with E-state index in [1.54, 1.807) is 19.1 Å². The maximum atomic E-state index is 13.1. The highest BCUT2D eigenvalue weighted by Gasteiger charge is 2.33. The molecule has 4 amide bonds. The Kier molecular flexibility index (Phi) is 7.38. The second kappa shape index (κ2) is 10.2. The van der Waals surface area contributed by atoms with Crippen LogP contribution in [0.1, 0.15) is 12.5 Å². The summed E-state index contributed by atoms with van der Waals surface area (Å²) in [5.41, 5.74) is -0.974. The number of alkyl halides is 3. The van der Waals surface area contributed by atoms with Gasteiger partial charge >= 0.3 is 12.2 Å². The first kappa shape index (κ1) is 23.9. The second-order valence-electron chi connectivity index (χ2n) is 6.97. The SMILES string of the molecule is CCN(CC(=O)NC(=O)Nc1ccc2c(c1)OCO2)CC(=O)Nc1ccccc1C(F)(F)F. The van der Waals surface area contributed by atoms with E-state index >= 15 is 0 Å². The fourth-order valence-electron chi connectivity index (χ4n) is 3.02. The van der Waals surface area contributed by atoms with Gasteiger partial charge in [0.25, 0.3) is 0 Å². The van der Waals surface area contributed by atoms with E-state index in [4.69, 9.17) is 9.47 Å². The van der Waals surface area contributed by atoms with E-state index < -0.39 is 29.6 Å². The number of urea groups is 1. The van der Waals surface area contributed by atoms with E-state index in [0.717, 1.165) is 12.1 Å². The molecule has 3 N–H and O–H groups in total. The van der Waals surface area contributed by atoms with Crippen LogP contribution in [0, 0.1) is 0 Å². The van der Waals surface area contributed by atoms with Gasteiger partial charge in [-0.3, -0.25) is 19.8 Å². The van der Waals surface area contributed by atoms with Crippen molar-refractivity contribution in [3.05, 3.63) is 48.0 Å². The van der Waals surface area contributed by atoms with Crippen LogP contribution in [0.4, 0.5) is 29.3 Å². The van der Waals surface area contributed by atoms with Crippen LogP contribution in [0.3, 0.4) is 0 Å². The van der Waals surface area contributed by atoms with E-state index in [9.17, 15) is 27.6 Å². The third-order valence-corrected chi connectivity index (χ3v) is 4.57. The number of anilines is 2. The molecule has 0 atom stereocenters. The summed E-state index contributed by atoms with van der Waals surface area (Å²) >= 11 is 0. The average Bonchev–Trinajstić information content (AvgIpc) is 3.20. The molecule has 0 aliphatic carbocycles. The number of likely N-dealkylation sites (N-methyl/N-ethyl adjacent to an activating group) is 1. The molecule has 0 unspecified atom stereocenters. The van der Waals surface area contributed by atoms with Crippen molar-refractivity contribution in [2.75, 3.05) is 37.1 Å². The monoisotopic (exact) mass is 466 g/mol. The zero-order valence-electron chi connectivity index (χ0n) is 17.5. The van der Waals surface area contributed by atoms with Crippen molar-refractivity contribution in [3.63, 3.8) is 0 Å². The lowest BCUT2D eigenvalue weighted by Gasteiger charge is -2.20. The molecule has 33 heavy (non-hydrogen) atoms. The van der Waals surface area contributed by atoms with E-state index in [1.165, 1.54) is 23.1 Å². The van der Waals surface area contributed by atoms with Crippen LogP contribution in [0.5, 0.6) is 11.5 Å². The van der Waals surface area contributed by atoms with Crippen LogP contribution in [-0.2, 0) is 15.8 Å². The van der Waals surface area contributed by atoms with E-state index in [1.807, 2.05) is 0 Å². The number of imide groups is 1. The zero-order chi connectivity index (χ0) is 24.0. The predicted molar refractivity (Wildman–Crippen MR) is 112 cm³/mol. The van der Waals surface area contributed by atoms with Gasteiger partial charge in [-0.25, -0.2) is 4.79 Å². The van der Waals surface area contributed by atoms with Crippen LogP contribution in [0.25, 0.3) is 0 Å². The Balaban J connectivity index is 1.50. The van der Waals surface area contributed by atoms with Crippen LogP contribution < -0.4 is 25.4 Å². The van der Waals surface area contributed by atoms with Gasteiger partial charge in [0.1, 0.15) is 0 Å². The van der Waals surface area contributed by atoms with E-state index in [2.05, 4.69) is 16.0 Å². The van der Waals surface area contributed by atoms with Crippen molar-refractivity contribution in [2.24, 2.45) is 0 Å². The molecule has 0 saturated heterocycles. The highest BCUT2D eigenvalue weighted by Crippen LogP contribution is 2.35. The topological polar surface area (TPSA) is 109 Å². The maximum Gasteiger partial charge on any atom is 0.418 e. The lowest BCUT2D eigenvalue weighted by molar-refractivity contribution is -0.137. The Morgan fingerprint density at radius 2 is 1.67 bits per heavy atom. The van der Waals surface area contributed by atoms with E-state index in [0.29, 0.717) is 17.2 Å². The van der Waals surface area contributed by atoms with Gasteiger partial charge < -0.3 is 20.1 Å². The molecule has 0 aromatic heterocycles. The molecule has 0 fully saturated rings. The zero-order valence-corrected chi connectivity index (χ0v) is 17.5. The third kappa shape index (κ3) is 6.59. The Hall–Kier alpha value is -3.80.